The first-order valence-corrected chi connectivity index (χ1v) is 9.15. The zero-order chi connectivity index (χ0) is 18.1. The molecule has 1 atom stereocenters. The van der Waals surface area contributed by atoms with Gasteiger partial charge in [0.1, 0.15) is 0 Å². The third-order valence-electron chi connectivity index (χ3n) is 4.39. The highest BCUT2D eigenvalue weighted by Gasteiger charge is 2.28. The Kier molecular flexibility index (Phi) is 4.26. The predicted octanol–water partition coefficient (Wildman–Crippen LogP) is 4.20. The monoisotopic (exact) mass is 363 g/mol. The molecule has 0 unspecified atom stereocenters. The van der Waals surface area contributed by atoms with Crippen LogP contribution in [0.2, 0.25) is 0 Å². The number of amides is 2. The number of anilines is 1. The van der Waals surface area contributed by atoms with Gasteiger partial charge in [-0.2, -0.15) is 0 Å². The first kappa shape index (κ1) is 16.5. The smallest absolute Gasteiger partial charge is 0.228 e. The fourth-order valence-corrected chi connectivity index (χ4v) is 4.07. The Hall–Kier alpha value is -2.99. The standard InChI is InChI=1S/C20H17N3O2S/c1-13(24)23-11-10-14-6-2-3-7-15(14)17(23)12-19(25)22-20-21-16-8-4-5-9-18(16)26-20/h2-11,17H,12H2,1H3,(H,21,22,25)/t17-/m0/s1. The first-order valence-electron chi connectivity index (χ1n) is 8.33. The first-order chi connectivity index (χ1) is 12.6. The largest absolute Gasteiger partial charge is 0.311 e. The number of carbonyl (C=O) groups excluding carboxylic acids is 2. The molecule has 6 heteroatoms. The van der Waals surface area contributed by atoms with E-state index in [1.54, 1.807) is 11.1 Å². The zero-order valence-electron chi connectivity index (χ0n) is 14.2. The molecule has 1 aromatic heterocycles. The highest BCUT2D eigenvalue weighted by atomic mass is 32.1. The van der Waals surface area contributed by atoms with Crippen molar-refractivity contribution < 1.29 is 9.59 Å². The number of rotatable bonds is 3. The van der Waals surface area contributed by atoms with Crippen LogP contribution in [0.1, 0.15) is 30.5 Å². The van der Waals surface area contributed by atoms with E-state index in [-0.39, 0.29) is 24.3 Å². The quantitative estimate of drug-likeness (QED) is 0.759. The third kappa shape index (κ3) is 3.11. The lowest BCUT2D eigenvalue weighted by Crippen LogP contribution is -2.33. The van der Waals surface area contributed by atoms with Gasteiger partial charge in [0, 0.05) is 13.1 Å². The summed E-state index contributed by atoms with van der Waals surface area (Å²) in [5, 5.41) is 3.45. The fourth-order valence-electron chi connectivity index (χ4n) is 3.18. The van der Waals surface area contributed by atoms with E-state index in [2.05, 4.69) is 10.3 Å². The van der Waals surface area contributed by atoms with E-state index < -0.39 is 0 Å². The van der Waals surface area contributed by atoms with Crippen molar-refractivity contribution >= 4 is 44.6 Å². The molecule has 1 aliphatic rings. The van der Waals surface area contributed by atoms with Gasteiger partial charge in [0.2, 0.25) is 11.8 Å². The SMILES string of the molecule is CC(=O)N1C=Cc2ccccc2[C@@H]1CC(=O)Nc1nc2ccccc2s1. The van der Waals surface area contributed by atoms with Crippen LogP contribution in [0, 0.1) is 0 Å². The molecular formula is C20H17N3O2S. The molecule has 26 heavy (non-hydrogen) atoms. The van der Waals surface area contributed by atoms with Crippen LogP contribution in [0.5, 0.6) is 0 Å². The zero-order valence-corrected chi connectivity index (χ0v) is 15.0. The number of aromatic nitrogens is 1. The van der Waals surface area contributed by atoms with Crippen molar-refractivity contribution in [2.45, 2.75) is 19.4 Å². The molecule has 3 aromatic rings. The van der Waals surface area contributed by atoms with Crippen LogP contribution in [0.15, 0.2) is 54.7 Å². The molecule has 2 heterocycles. The average molecular weight is 363 g/mol. The Morgan fingerprint density at radius 1 is 1.15 bits per heavy atom. The van der Waals surface area contributed by atoms with E-state index in [4.69, 9.17) is 0 Å². The second-order valence-corrected chi connectivity index (χ2v) is 7.16. The Morgan fingerprint density at radius 2 is 1.92 bits per heavy atom. The van der Waals surface area contributed by atoms with Crippen molar-refractivity contribution in [3.63, 3.8) is 0 Å². The summed E-state index contributed by atoms with van der Waals surface area (Å²) >= 11 is 1.44. The van der Waals surface area contributed by atoms with Gasteiger partial charge in [-0.25, -0.2) is 4.98 Å². The number of carbonyl (C=O) groups is 2. The molecule has 0 saturated carbocycles. The minimum atomic E-state index is -0.317. The Morgan fingerprint density at radius 3 is 2.73 bits per heavy atom. The lowest BCUT2D eigenvalue weighted by molar-refractivity contribution is -0.129. The summed E-state index contributed by atoms with van der Waals surface area (Å²) in [7, 11) is 0. The molecule has 2 amide bonds. The number of hydrogen-bond acceptors (Lipinski definition) is 4. The van der Waals surface area contributed by atoms with E-state index in [9.17, 15) is 9.59 Å². The summed E-state index contributed by atoms with van der Waals surface area (Å²) in [6, 6.07) is 15.3. The van der Waals surface area contributed by atoms with Gasteiger partial charge < -0.3 is 10.2 Å². The van der Waals surface area contributed by atoms with Gasteiger partial charge in [-0.1, -0.05) is 47.7 Å². The molecule has 0 fully saturated rings. The van der Waals surface area contributed by atoms with Crippen molar-refractivity contribution in [3.05, 3.63) is 65.9 Å². The van der Waals surface area contributed by atoms with Crippen LogP contribution in [0.4, 0.5) is 5.13 Å². The van der Waals surface area contributed by atoms with Crippen molar-refractivity contribution in [2.75, 3.05) is 5.32 Å². The predicted molar refractivity (Wildman–Crippen MR) is 104 cm³/mol. The molecule has 0 spiro atoms. The van der Waals surface area contributed by atoms with Gasteiger partial charge >= 0.3 is 0 Å². The number of hydrogen-bond donors (Lipinski definition) is 1. The molecule has 5 nitrogen and oxygen atoms in total. The maximum Gasteiger partial charge on any atom is 0.228 e. The molecule has 1 aliphatic heterocycles. The van der Waals surface area contributed by atoms with Crippen LogP contribution in [0.25, 0.3) is 16.3 Å². The fraction of sp³-hybridized carbons (Fsp3) is 0.150. The summed E-state index contributed by atoms with van der Waals surface area (Å²) in [4.78, 5) is 30.7. The molecule has 2 aromatic carbocycles. The van der Waals surface area contributed by atoms with Crippen LogP contribution < -0.4 is 5.32 Å². The molecule has 4 rings (SSSR count). The molecule has 130 valence electrons. The lowest BCUT2D eigenvalue weighted by atomic mass is 9.93. The summed E-state index contributed by atoms with van der Waals surface area (Å²) in [5.74, 6) is -0.251. The van der Waals surface area contributed by atoms with Crippen molar-refractivity contribution in [2.24, 2.45) is 0 Å². The molecule has 1 N–H and O–H groups in total. The molecule has 0 radical (unpaired) electrons. The Bertz CT molecular complexity index is 992. The Labute approximate surface area is 155 Å². The maximum atomic E-state index is 12.6. The van der Waals surface area contributed by atoms with Gasteiger partial charge in [0.15, 0.2) is 5.13 Å². The maximum absolute atomic E-state index is 12.6. The van der Waals surface area contributed by atoms with Gasteiger partial charge in [0.05, 0.1) is 22.7 Å². The number of para-hydroxylation sites is 1. The summed E-state index contributed by atoms with van der Waals surface area (Å²) in [6.07, 6.45) is 3.83. The lowest BCUT2D eigenvalue weighted by Gasteiger charge is -2.32. The molecule has 0 bridgehead atoms. The van der Waals surface area contributed by atoms with Gasteiger partial charge in [-0.05, 0) is 29.3 Å². The van der Waals surface area contributed by atoms with E-state index >= 15 is 0 Å². The number of thiazole rings is 1. The van der Waals surface area contributed by atoms with Crippen molar-refractivity contribution in [1.29, 1.82) is 0 Å². The minimum absolute atomic E-state index is 0.0893. The van der Waals surface area contributed by atoms with Crippen LogP contribution >= 0.6 is 11.3 Å². The summed E-state index contributed by atoms with van der Waals surface area (Å²) < 4.78 is 1.03. The molecule has 0 saturated heterocycles. The minimum Gasteiger partial charge on any atom is -0.311 e. The highest BCUT2D eigenvalue weighted by molar-refractivity contribution is 7.22. The number of nitrogens with zero attached hydrogens (tertiary/aromatic N) is 2. The summed E-state index contributed by atoms with van der Waals surface area (Å²) in [6.45, 7) is 1.51. The van der Waals surface area contributed by atoms with Gasteiger partial charge in [-0.15, -0.1) is 0 Å². The average Bonchev–Trinajstić information content (AvgIpc) is 3.03. The summed E-state index contributed by atoms with van der Waals surface area (Å²) in [5.41, 5.74) is 2.87. The van der Waals surface area contributed by atoms with Gasteiger partial charge in [0.25, 0.3) is 0 Å². The second kappa shape index (κ2) is 6.72. The number of benzene rings is 2. The van der Waals surface area contributed by atoms with E-state index in [1.807, 2.05) is 54.6 Å². The number of fused-ring (bicyclic) bond motifs is 2. The second-order valence-electron chi connectivity index (χ2n) is 6.13. The number of nitrogens with one attached hydrogen (secondary N) is 1. The third-order valence-corrected chi connectivity index (χ3v) is 5.34. The Balaban J connectivity index is 1.56. The van der Waals surface area contributed by atoms with Crippen LogP contribution in [-0.2, 0) is 9.59 Å². The van der Waals surface area contributed by atoms with Crippen molar-refractivity contribution in [3.8, 4) is 0 Å². The van der Waals surface area contributed by atoms with Crippen LogP contribution in [0.3, 0.4) is 0 Å². The van der Waals surface area contributed by atoms with Crippen molar-refractivity contribution in [1.82, 2.24) is 9.88 Å². The van der Waals surface area contributed by atoms with Crippen LogP contribution in [-0.4, -0.2) is 21.7 Å². The molecular weight excluding hydrogens is 346 g/mol. The topological polar surface area (TPSA) is 62.3 Å². The molecule has 0 aliphatic carbocycles. The van der Waals surface area contributed by atoms with E-state index in [0.717, 1.165) is 21.3 Å². The van der Waals surface area contributed by atoms with E-state index in [0.29, 0.717) is 5.13 Å². The van der Waals surface area contributed by atoms with Gasteiger partial charge in [-0.3, -0.25) is 9.59 Å². The highest BCUT2D eigenvalue weighted by Crippen LogP contribution is 2.33. The van der Waals surface area contributed by atoms with E-state index in [1.165, 1.54) is 18.3 Å². The normalized spacial score (nSPS) is 15.7.